The Labute approximate surface area is 140 Å². The number of ether oxygens (including phenoxy) is 1. The topological polar surface area (TPSA) is 66.1 Å². The van der Waals surface area contributed by atoms with Crippen molar-refractivity contribution in [2.24, 2.45) is 0 Å². The van der Waals surface area contributed by atoms with Crippen molar-refractivity contribution >= 4 is 18.6 Å². The molecule has 0 unspecified atom stereocenters. The molecule has 0 aromatic heterocycles. The average molecular weight is 344 g/mol. The Morgan fingerprint density at radius 2 is 1.67 bits per heavy atom. The minimum atomic E-state index is -0.350. The molecule has 0 atom stereocenters. The van der Waals surface area contributed by atoms with Crippen LogP contribution in [0.2, 0.25) is 0 Å². The second-order valence-electron chi connectivity index (χ2n) is 2.98. The van der Waals surface area contributed by atoms with Gasteiger partial charge in [-0.15, -0.1) is 0 Å². The molecule has 0 heterocycles. The predicted octanol–water partition coefficient (Wildman–Crippen LogP) is 2.71. The first-order chi connectivity index (χ1) is 9.74. The second-order valence-corrected chi connectivity index (χ2v) is 3.45. The molecular formula is C15H12FeO4S. The fraction of sp³-hybridized carbons (Fsp3) is 0.0667. The molecule has 0 saturated heterocycles. The van der Waals surface area contributed by atoms with Crippen LogP contribution >= 0.6 is 0 Å². The Morgan fingerprint density at radius 1 is 1.14 bits per heavy atom. The molecule has 0 fully saturated rings. The van der Waals surface area contributed by atoms with E-state index < -0.39 is 0 Å². The summed E-state index contributed by atoms with van der Waals surface area (Å²) in [5, 5.41) is 0. The monoisotopic (exact) mass is 344 g/mol. The van der Waals surface area contributed by atoms with E-state index in [1.165, 1.54) is 7.11 Å². The Kier molecular flexibility index (Phi) is 21.1. The summed E-state index contributed by atoms with van der Waals surface area (Å²) >= 11 is 4.86. The summed E-state index contributed by atoms with van der Waals surface area (Å²) in [6, 6.07) is 16.8. The van der Waals surface area contributed by atoms with Gasteiger partial charge in [0.2, 0.25) is 0 Å². The molecule has 0 bridgehead atoms. The van der Waals surface area contributed by atoms with Gasteiger partial charge in [-0.05, 0) is 6.07 Å². The number of benzene rings is 1. The van der Waals surface area contributed by atoms with Gasteiger partial charge in [-0.3, -0.25) is 0 Å². The zero-order chi connectivity index (χ0) is 15.8. The summed E-state index contributed by atoms with van der Waals surface area (Å²) in [6.45, 7) is 9.00. The van der Waals surface area contributed by atoms with Crippen LogP contribution in [0.5, 0.6) is 0 Å². The second kappa shape index (κ2) is 18.3. The van der Waals surface area contributed by atoms with Crippen LogP contribution in [0.15, 0.2) is 59.5 Å². The van der Waals surface area contributed by atoms with E-state index in [9.17, 15) is 4.79 Å². The van der Waals surface area contributed by atoms with E-state index in [2.05, 4.69) is 18.0 Å². The van der Waals surface area contributed by atoms with Gasteiger partial charge in [0.25, 0.3) is 0 Å². The molecule has 110 valence electrons. The number of methoxy groups -OCH3 is 1. The molecule has 0 aliphatic heterocycles. The fourth-order valence-electron chi connectivity index (χ4n) is 1.06. The largest absolute Gasteiger partial charge is 2.00 e. The van der Waals surface area contributed by atoms with Crippen LogP contribution in [0, 0.1) is 13.3 Å². The molecule has 0 saturated carbocycles. The average Bonchev–Trinajstić information content (AvgIpc) is 3.10. The van der Waals surface area contributed by atoms with Gasteiger partial charge in [0, 0.05) is 0 Å². The molecule has 2 aromatic rings. The van der Waals surface area contributed by atoms with Crippen molar-refractivity contribution in [2.45, 2.75) is 4.90 Å². The predicted molar refractivity (Wildman–Crippen MR) is 73.3 cm³/mol. The van der Waals surface area contributed by atoms with Crippen molar-refractivity contribution in [1.29, 1.82) is 0 Å². The smallest absolute Gasteiger partial charge is 0.214 e. The maximum absolute atomic E-state index is 10.9. The first-order valence-electron chi connectivity index (χ1n) is 5.17. The van der Waals surface area contributed by atoms with Crippen LogP contribution in [0.25, 0.3) is 0 Å². The molecule has 0 amide bonds. The normalized spacial score (nSPS) is 6.90. The first kappa shape index (κ1) is 24.3. The molecule has 0 N–H and O–H groups in total. The third kappa shape index (κ3) is 13.0. The number of carbonyl (C=O) groups excluding carboxylic acids is 1. The van der Waals surface area contributed by atoms with Gasteiger partial charge in [0.15, 0.2) is 0 Å². The van der Waals surface area contributed by atoms with Gasteiger partial charge in [-0.2, -0.15) is 23.1 Å². The Morgan fingerprint density at radius 3 is 2.00 bits per heavy atom. The van der Waals surface area contributed by atoms with Gasteiger partial charge < -0.3 is 17.4 Å². The van der Waals surface area contributed by atoms with Gasteiger partial charge in [-0.1, -0.05) is 18.2 Å². The molecule has 0 spiro atoms. The maximum Gasteiger partial charge on any atom is 2.00 e. The summed E-state index contributed by atoms with van der Waals surface area (Å²) in [4.78, 5) is 11.5. The van der Waals surface area contributed by atoms with Crippen molar-refractivity contribution in [3.8, 4) is 0 Å². The van der Waals surface area contributed by atoms with E-state index in [1.807, 2.05) is 30.3 Å². The van der Waals surface area contributed by atoms with Crippen molar-refractivity contribution in [2.75, 3.05) is 7.11 Å². The quantitative estimate of drug-likeness (QED) is 0.263. The van der Waals surface area contributed by atoms with Crippen molar-refractivity contribution < 1.29 is 35.9 Å². The Bertz CT molecular complexity index is 483. The molecular weight excluding hydrogens is 332 g/mol. The molecule has 0 aliphatic rings. The zero-order valence-corrected chi connectivity index (χ0v) is 13.0. The van der Waals surface area contributed by atoms with Crippen LogP contribution in [0.3, 0.4) is 0 Å². The SMILES string of the molecule is COC(=O)c1cccc([S-])c1.[C-]#[O+].[C-]#[O+].[Fe+2].c1cc[cH-]c1. The van der Waals surface area contributed by atoms with E-state index >= 15 is 0 Å². The van der Waals surface area contributed by atoms with Gasteiger partial charge in [0.1, 0.15) is 0 Å². The van der Waals surface area contributed by atoms with Crippen molar-refractivity contribution in [3.05, 3.63) is 73.5 Å². The number of hydrogen-bond acceptors (Lipinski definition) is 3. The van der Waals surface area contributed by atoms with Crippen LogP contribution < -0.4 is 0 Å². The minimum absolute atomic E-state index is 0. The van der Waals surface area contributed by atoms with Crippen LogP contribution in [0.4, 0.5) is 0 Å². The molecule has 21 heavy (non-hydrogen) atoms. The third-order valence-electron chi connectivity index (χ3n) is 1.81. The van der Waals surface area contributed by atoms with Crippen molar-refractivity contribution in [3.63, 3.8) is 0 Å². The van der Waals surface area contributed by atoms with Gasteiger partial charge in [-0.25, -0.2) is 16.9 Å². The number of carbonyl (C=O) groups is 1. The molecule has 6 heteroatoms. The Hall–Kier alpha value is -1.74. The zero-order valence-electron chi connectivity index (χ0n) is 11.1. The molecule has 0 radical (unpaired) electrons. The van der Waals surface area contributed by atoms with E-state index in [-0.39, 0.29) is 23.0 Å². The molecule has 2 rings (SSSR count). The van der Waals surface area contributed by atoms with Crippen LogP contribution in [-0.2, 0) is 43.7 Å². The number of hydrogen-bond donors (Lipinski definition) is 0. The Balaban J connectivity index is -0.000000273. The number of rotatable bonds is 1. The molecule has 4 nitrogen and oxygen atoms in total. The third-order valence-corrected chi connectivity index (χ3v) is 2.06. The van der Waals surface area contributed by atoms with E-state index in [0.717, 1.165) is 0 Å². The summed E-state index contributed by atoms with van der Waals surface area (Å²) in [5.41, 5.74) is 0.500. The number of esters is 1. The maximum atomic E-state index is 10.9. The van der Waals surface area contributed by atoms with Crippen molar-refractivity contribution in [1.82, 2.24) is 0 Å². The fourth-order valence-corrected chi connectivity index (χ4v) is 1.27. The van der Waals surface area contributed by atoms with E-state index in [0.29, 0.717) is 10.5 Å². The van der Waals surface area contributed by atoms with Crippen LogP contribution in [0.1, 0.15) is 10.4 Å². The van der Waals surface area contributed by atoms with E-state index in [1.54, 1.807) is 24.3 Å². The van der Waals surface area contributed by atoms with Gasteiger partial charge >= 0.3 is 45.6 Å². The first-order valence-corrected chi connectivity index (χ1v) is 5.58. The van der Waals surface area contributed by atoms with Gasteiger partial charge in [0.05, 0.1) is 12.7 Å². The minimum Gasteiger partial charge on any atom is -0.214 e. The summed E-state index contributed by atoms with van der Waals surface area (Å²) in [6.07, 6.45) is 0. The molecule has 0 aliphatic carbocycles. The molecule has 2 aromatic carbocycles. The van der Waals surface area contributed by atoms with E-state index in [4.69, 9.17) is 21.9 Å². The standard InChI is InChI=1S/C8H8O2S.C5H5.2CO.Fe/c1-10-8(9)6-3-2-4-7(11)5-6;1-2-4-5-3-1;2*1-2;/h2-5,11H,1H3;1-5H;;;/q;-1;;;+2/p-1. The van der Waals surface area contributed by atoms with Crippen LogP contribution in [-0.4, -0.2) is 13.1 Å². The summed E-state index contributed by atoms with van der Waals surface area (Å²) in [5.74, 6) is -0.350. The summed E-state index contributed by atoms with van der Waals surface area (Å²) < 4.78 is 19.5. The summed E-state index contributed by atoms with van der Waals surface area (Å²) in [7, 11) is 1.35.